The molecule has 1 rings (SSSR count). The molecular weight excluding hydrogens is 174 g/mol. The van der Waals surface area contributed by atoms with Gasteiger partial charge in [0.15, 0.2) is 0 Å². The summed E-state index contributed by atoms with van der Waals surface area (Å²) in [5.74, 6) is -0.416. The summed E-state index contributed by atoms with van der Waals surface area (Å²) in [5.41, 5.74) is 5.54. The molecule has 0 saturated carbocycles. The van der Waals surface area contributed by atoms with Crippen LogP contribution in [0.4, 0.5) is 0 Å². The molecule has 1 heterocycles. The maximum absolute atomic E-state index is 11.2. The summed E-state index contributed by atoms with van der Waals surface area (Å²) in [4.78, 5) is 11.2. The number of methoxy groups -OCH3 is 1. The van der Waals surface area contributed by atoms with Crippen molar-refractivity contribution in [2.75, 3.05) is 7.11 Å². The predicted octanol–water partition coefficient (Wildman–Crippen LogP) is 1.09. The van der Waals surface area contributed by atoms with Crippen molar-refractivity contribution in [2.45, 2.75) is 12.5 Å². The highest BCUT2D eigenvalue weighted by Gasteiger charge is 2.31. The zero-order chi connectivity index (χ0) is 9.19. The standard InChI is InChI=1S/C8H11NO2S/c1-8(9,7(10)11-2)6-3-4-12-5-6/h3-5H,9H2,1-2H3/t8-/m1/s1. The zero-order valence-electron chi connectivity index (χ0n) is 7.03. The van der Waals surface area contributed by atoms with Gasteiger partial charge in [-0.25, -0.2) is 4.79 Å². The fourth-order valence-corrected chi connectivity index (χ4v) is 1.66. The van der Waals surface area contributed by atoms with Crippen molar-refractivity contribution in [3.63, 3.8) is 0 Å². The lowest BCUT2D eigenvalue weighted by Gasteiger charge is -2.19. The lowest BCUT2D eigenvalue weighted by Crippen LogP contribution is -2.42. The number of esters is 1. The summed E-state index contributed by atoms with van der Waals surface area (Å²) in [6, 6.07) is 1.82. The maximum atomic E-state index is 11.2. The highest BCUT2D eigenvalue weighted by Crippen LogP contribution is 2.21. The minimum atomic E-state index is -1.02. The van der Waals surface area contributed by atoms with Gasteiger partial charge in [-0.3, -0.25) is 0 Å². The van der Waals surface area contributed by atoms with Crippen LogP contribution in [0.1, 0.15) is 12.5 Å². The van der Waals surface area contributed by atoms with Gasteiger partial charge in [0.05, 0.1) is 7.11 Å². The van der Waals surface area contributed by atoms with Crippen LogP contribution >= 0.6 is 11.3 Å². The van der Waals surface area contributed by atoms with E-state index < -0.39 is 11.5 Å². The van der Waals surface area contributed by atoms with Crippen molar-refractivity contribution in [2.24, 2.45) is 5.73 Å². The third kappa shape index (κ3) is 1.49. The van der Waals surface area contributed by atoms with Crippen LogP contribution in [0.5, 0.6) is 0 Å². The van der Waals surface area contributed by atoms with E-state index in [0.29, 0.717) is 0 Å². The topological polar surface area (TPSA) is 52.3 Å². The molecule has 1 aromatic heterocycles. The highest BCUT2D eigenvalue weighted by atomic mass is 32.1. The normalized spacial score (nSPS) is 15.2. The van der Waals surface area contributed by atoms with Crippen molar-refractivity contribution in [1.82, 2.24) is 0 Å². The average Bonchev–Trinajstić information content (AvgIpc) is 2.55. The molecule has 0 bridgehead atoms. The first-order chi connectivity index (χ1) is 5.59. The van der Waals surface area contributed by atoms with Crippen LogP contribution in [-0.4, -0.2) is 13.1 Å². The van der Waals surface area contributed by atoms with E-state index in [9.17, 15) is 4.79 Å². The van der Waals surface area contributed by atoms with E-state index in [0.717, 1.165) is 5.56 Å². The van der Waals surface area contributed by atoms with Crippen molar-refractivity contribution in [3.05, 3.63) is 22.4 Å². The molecule has 0 amide bonds. The first-order valence-corrected chi connectivity index (χ1v) is 4.43. The van der Waals surface area contributed by atoms with Crippen LogP contribution < -0.4 is 5.73 Å². The van der Waals surface area contributed by atoms with Gasteiger partial charge in [0.2, 0.25) is 0 Å². The molecule has 0 aliphatic rings. The Hall–Kier alpha value is -0.870. The predicted molar refractivity (Wildman–Crippen MR) is 47.9 cm³/mol. The third-order valence-electron chi connectivity index (χ3n) is 1.73. The molecule has 0 unspecified atom stereocenters. The molecule has 2 N–H and O–H groups in total. The largest absolute Gasteiger partial charge is 0.467 e. The lowest BCUT2D eigenvalue weighted by molar-refractivity contribution is -0.146. The first kappa shape index (κ1) is 9.22. The van der Waals surface area contributed by atoms with Gasteiger partial charge in [-0.05, 0) is 29.3 Å². The molecule has 1 aromatic rings. The Morgan fingerprint density at radius 3 is 2.83 bits per heavy atom. The SMILES string of the molecule is COC(=O)[C@](C)(N)c1ccsc1. The van der Waals surface area contributed by atoms with E-state index in [1.165, 1.54) is 18.4 Å². The molecule has 0 radical (unpaired) electrons. The molecule has 0 fully saturated rings. The van der Waals surface area contributed by atoms with Crippen molar-refractivity contribution < 1.29 is 9.53 Å². The van der Waals surface area contributed by atoms with Crippen LogP contribution in [0, 0.1) is 0 Å². The van der Waals surface area contributed by atoms with E-state index in [1.807, 2.05) is 16.8 Å². The average molecular weight is 185 g/mol. The van der Waals surface area contributed by atoms with Gasteiger partial charge in [0.25, 0.3) is 0 Å². The number of rotatable bonds is 2. The van der Waals surface area contributed by atoms with Crippen LogP contribution in [-0.2, 0) is 15.1 Å². The molecule has 0 spiro atoms. The van der Waals surface area contributed by atoms with Gasteiger partial charge in [-0.15, -0.1) is 0 Å². The summed E-state index contributed by atoms with van der Waals surface area (Å²) in [7, 11) is 1.33. The van der Waals surface area contributed by atoms with Gasteiger partial charge in [-0.1, -0.05) is 0 Å². The molecule has 1 atom stereocenters. The van der Waals surface area contributed by atoms with Crippen molar-refractivity contribution in [1.29, 1.82) is 0 Å². The summed E-state index contributed by atoms with van der Waals surface area (Å²) < 4.78 is 4.58. The molecule has 0 aliphatic carbocycles. The number of carbonyl (C=O) groups excluding carboxylic acids is 1. The van der Waals surface area contributed by atoms with Gasteiger partial charge in [-0.2, -0.15) is 11.3 Å². The Balaban J connectivity index is 2.93. The molecule has 0 aliphatic heterocycles. The molecule has 66 valence electrons. The summed E-state index contributed by atoms with van der Waals surface area (Å²) in [6.07, 6.45) is 0. The minimum Gasteiger partial charge on any atom is -0.467 e. The number of nitrogens with two attached hydrogens (primary N) is 1. The van der Waals surface area contributed by atoms with E-state index in [-0.39, 0.29) is 0 Å². The third-order valence-corrected chi connectivity index (χ3v) is 2.41. The summed E-state index contributed by atoms with van der Waals surface area (Å²) in [5, 5.41) is 3.72. The Morgan fingerprint density at radius 1 is 1.75 bits per heavy atom. The zero-order valence-corrected chi connectivity index (χ0v) is 7.85. The van der Waals surface area contributed by atoms with Crippen molar-refractivity contribution in [3.8, 4) is 0 Å². The molecule has 4 heteroatoms. The number of thiophene rings is 1. The molecule has 3 nitrogen and oxygen atoms in total. The van der Waals surface area contributed by atoms with Crippen LogP contribution in [0.15, 0.2) is 16.8 Å². The van der Waals surface area contributed by atoms with Gasteiger partial charge >= 0.3 is 5.97 Å². The second kappa shape index (κ2) is 3.25. The summed E-state index contributed by atoms with van der Waals surface area (Å²) in [6.45, 7) is 1.64. The number of carbonyl (C=O) groups is 1. The highest BCUT2D eigenvalue weighted by molar-refractivity contribution is 7.08. The lowest BCUT2D eigenvalue weighted by atomic mass is 9.97. The maximum Gasteiger partial charge on any atom is 0.330 e. The molecule has 0 aromatic carbocycles. The van der Waals surface area contributed by atoms with E-state index in [4.69, 9.17) is 5.73 Å². The smallest absolute Gasteiger partial charge is 0.330 e. The van der Waals surface area contributed by atoms with E-state index in [1.54, 1.807) is 6.92 Å². The molecule has 12 heavy (non-hydrogen) atoms. The second-order valence-corrected chi connectivity index (χ2v) is 3.49. The van der Waals surface area contributed by atoms with Crippen LogP contribution in [0.2, 0.25) is 0 Å². The Labute approximate surface area is 75.1 Å². The molecular formula is C8H11NO2S. The second-order valence-electron chi connectivity index (χ2n) is 2.71. The number of hydrogen-bond acceptors (Lipinski definition) is 4. The Kier molecular flexibility index (Phi) is 2.49. The minimum absolute atomic E-state index is 0.416. The van der Waals surface area contributed by atoms with Crippen molar-refractivity contribution >= 4 is 17.3 Å². The van der Waals surface area contributed by atoms with E-state index in [2.05, 4.69) is 4.74 Å². The Morgan fingerprint density at radius 2 is 2.42 bits per heavy atom. The summed E-state index contributed by atoms with van der Waals surface area (Å²) >= 11 is 1.51. The van der Waals surface area contributed by atoms with Crippen LogP contribution in [0.25, 0.3) is 0 Å². The van der Waals surface area contributed by atoms with Crippen LogP contribution in [0.3, 0.4) is 0 Å². The first-order valence-electron chi connectivity index (χ1n) is 3.49. The monoisotopic (exact) mass is 185 g/mol. The number of hydrogen-bond donors (Lipinski definition) is 1. The fraction of sp³-hybridized carbons (Fsp3) is 0.375. The van der Waals surface area contributed by atoms with Gasteiger partial charge in [0.1, 0.15) is 5.54 Å². The number of ether oxygens (including phenoxy) is 1. The van der Waals surface area contributed by atoms with Gasteiger partial charge in [0, 0.05) is 0 Å². The van der Waals surface area contributed by atoms with Gasteiger partial charge < -0.3 is 10.5 Å². The molecule has 0 saturated heterocycles. The fourth-order valence-electron chi connectivity index (χ4n) is 0.890. The van der Waals surface area contributed by atoms with E-state index >= 15 is 0 Å². The Bertz CT molecular complexity index is 267. The quantitative estimate of drug-likeness (QED) is 0.702.